The summed E-state index contributed by atoms with van der Waals surface area (Å²) in [6.45, 7) is 1.40. The molecule has 0 saturated heterocycles. The molecule has 1 aromatic heterocycles. The second-order valence-corrected chi connectivity index (χ2v) is 5.30. The Morgan fingerprint density at radius 3 is 2.48 bits per heavy atom. The lowest BCUT2D eigenvalue weighted by atomic mass is 10.2. The lowest BCUT2D eigenvalue weighted by Gasteiger charge is -2.07. The Labute approximate surface area is 125 Å². The average Bonchev–Trinajstić information content (AvgIpc) is 3.37. The molecular weight excluding hydrogens is 264 g/mol. The molecule has 4 nitrogen and oxygen atoms in total. The van der Waals surface area contributed by atoms with Crippen molar-refractivity contribution in [2.45, 2.75) is 32.0 Å². The predicted octanol–water partition coefficient (Wildman–Crippen LogP) is 2.92. The third-order valence-corrected chi connectivity index (χ3v) is 3.52. The fourth-order valence-electron chi connectivity index (χ4n) is 2.03. The van der Waals surface area contributed by atoms with E-state index in [2.05, 4.69) is 16.4 Å². The molecule has 21 heavy (non-hydrogen) atoms. The van der Waals surface area contributed by atoms with Crippen molar-refractivity contribution >= 4 is 0 Å². The van der Waals surface area contributed by atoms with Crippen LogP contribution in [0.3, 0.4) is 0 Å². The molecule has 1 heterocycles. The first-order valence-corrected chi connectivity index (χ1v) is 7.27. The van der Waals surface area contributed by atoms with Gasteiger partial charge in [0.2, 0.25) is 5.88 Å². The second kappa shape index (κ2) is 6.59. The van der Waals surface area contributed by atoms with E-state index in [1.54, 1.807) is 7.11 Å². The Hall–Kier alpha value is -2.07. The Bertz CT molecular complexity index is 562. The van der Waals surface area contributed by atoms with Crippen LogP contribution in [0.4, 0.5) is 0 Å². The van der Waals surface area contributed by atoms with E-state index in [0.29, 0.717) is 12.5 Å². The van der Waals surface area contributed by atoms with Gasteiger partial charge < -0.3 is 14.8 Å². The number of hydrogen-bond donors (Lipinski definition) is 1. The molecule has 1 saturated carbocycles. The summed E-state index contributed by atoms with van der Waals surface area (Å²) in [7, 11) is 1.66. The van der Waals surface area contributed by atoms with Gasteiger partial charge in [0, 0.05) is 24.8 Å². The number of benzene rings is 1. The zero-order valence-corrected chi connectivity index (χ0v) is 12.2. The van der Waals surface area contributed by atoms with Crippen LogP contribution in [0, 0.1) is 0 Å². The van der Waals surface area contributed by atoms with Crippen molar-refractivity contribution in [1.29, 1.82) is 0 Å². The molecule has 0 atom stereocenters. The zero-order valence-electron chi connectivity index (χ0n) is 12.2. The number of aromatic nitrogens is 1. The van der Waals surface area contributed by atoms with E-state index in [9.17, 15) is 0 Å². The lowest BCUT2D eigenvalue weighted by molar-refractivity contribution is 0.293. The van der Waals surface area contributed by atoms with Crippen LogP contribution < -0.4 is 14.8 Å². The maximum absolute atomic E-state index is 5.69. The molecule has 1 fully saturated rings. The molecule has 1 aliphatic rings. The van der Waals surface area contributed by atoms with E-state index < -0.39 is 0 Å². The molecule has 1 aliphatic carbocycles. The quantitative estimate of drug-likeness (QED) is 0.849. The summed E-state index contributed by atoms with van der Waals surface area (Å²) >= 11 is 0. The summed E-state index contributed by atoms with van der Waals surface area (Å²) in [5.74, 6) is 1.50. The summed E-state index contributed by atoms with van der Waals surface area (Å²) < 4.78 is 10.8. The number of pyridine rings is 1. The summed E-state index contributed by atoms with van der Waals surface area (Å²) in [5, 5.41) is 3.47. The Kier molecular flexibility index (Phi) is 4.36. The highest BCUT2D eigenvalue weighted by Gasteiger charge is 2.19. The molecule has 110 valence electrons. The van der Waals surface area contributed by atoms with E-state index >= 15 is 0 Å². The minimum absolute atomic E-state index is 0.511. The molecule has 0 spiro atoms. The van der Waals surface area contributed by atoms with Gasteiger partial charge in [0.15, 0.2) is 0 Å². The summed E-state index contributed by atoms with van der Waals surface area (Å²) in [6.07, 6.45) is 4.48. The molecule has 0 unspecified atom stereocenters. The van der Waals surface area contributed by atoms with Crippen LogP contribution in [0.15, 0.2) is 42.6 Å². The van der Waals surface area contributed by atoms with Gasteiger partial charge in [-0.25, -0.2) is 4.98 Å². The van der Waals surface area contributed by atoms with Gasteiger partial charge in [-0.2, -0.15) is 0 Å². The fraction of sp³-hybridized carbons (Fsp3) is 0.353. The smallest absolute Gasteiger partial charge is 0.213 e. The molecule has 3 rings (SSSR count). The Balaban J connectivity index is 1.49. The first-order chi connectivity index (χ1) is 10.3. The first-order valence-electron chi connectivity index (χ1n) is 7.27. The van der Waals surface area contributed by atoms with Crippen molar-refractivity contribution < 1.29 is 9.47 Å². The van der Waals surface area contributed by atoms with Gasteiger partial charge in [0.05, 0.1) is 7.11 Å². The molecule has 2 aromatic rings. The second-order valence-electron chi connectivity index (χ2n) is 5.30. The highest BCUT2D eigenvalue weighted by Crippen LogP contribution is 2.19. The molecule has 1 N–H and O–H groups in total. The van der Waals surface area contributed by atoms with Crippen molar-refractivity contribution in [2.75, 3.05) is 7.11 Å². The van der Waals surface area contributed by atoms with Crippen molar-refractivity contribution in [2.24, 2.45) is 0 Å². The van der Waals surface area contributed by atoms with Crippen LogP contribution in [0.5, 0.6) is 11.6 Å². The molecule has 0 radical (unpaired) electrons. The van der Waals surface area contributed by atoms with Gasteiger partial charge in [0.25, 0.3) is 0 Å². The molecule has 4 heteroatoms. The lowest BCUT2D eigenvalue weighted by Crippen LogP contribution is -2.15. The van der Waals surface area contributed by atoms with Crippen molar-refractivity contribution in [3.05, 3.63) is 53.7 Å². The number of hydrogen-bond acceptors (Lipinski definition) is 4. The van der Waals surface area contributed by atoms with Crippen LogP contribution in [0.25, 0.3) is 0 Å². The maximum Gasteiger partial charge on any atom is 0.213 e. The molecular formula is C17H20N2O2. The normalized spacial score (nSPS) is 14.0. The topological polar surface area (TPSA) is 43.4 Å². The third-order valence-electron chi connectivity index (χ3n) is 3.52. The van der Waals surface area contributed by atoms with E-state index in [4.69, 9.17) is 9.47 Å². The van der Waals surface area contributed by atoms with Crippen LogP contribution in [0.2, 0.25) is 0 Å². The number of nitrogens with zero attached hydrogens (tertiary/aromatic N) is 1. The third kappa shape index (κ3) is 4.20. The number of methoxy groups -OCH3 is 1. The summed E-state index contributed by atoms with van der Waals surface area (Å²) in [6, 6.07) is 12.5. The van der Waals surface area contributed by atoms with Crippen LogP contribution >= 0.6 is 0 Å². The number of ether oxygens (including phenoxy) is 2. The largest absolute Gasteiger partial charge is 0.497 e. The highest BCUT2D eigenvalue weighted by molar-refractivity contribution is 5.27. The van der Waals surface area contributed by atoms with Crippen LogP contribution in [-0.4, -0.2) is 18.1 Å². The van der Waals surface area contributed by atoms with Gasteiger partial charge >= 0.3 is 0 Å². The minimum atomic E-state index is 0.511. The fourth-order valence-corrected chi connectivity index (χ4v) is 2.03. The number of nitrogens with one attached hydrogen (secondary N) is 1. The van der Waals surface area contributed by atoms with E-state index in [-0.39, 0.29) is 0 Å². The Morgan fingerprint density at radius 2 is 1.86 bits per heavy atom. The van der Waals surface area contributed by atoms with Gasteiger partial charge in [-0.05, 0) is 36.1 Å². The van der Waals surface area contributed by atoms with E-state index in [0.717, 1.165) is 23.9 Å². The van der Waals surface area contributed by atoms with Gasteiger partial charge in [-0.15, -0.1) is 0 Å². The molecule has 1 aromatic carbocycles. The standard InChI is InChI=1S/C17H20N2O2/c1-20-16-7-2-13(3-8-16)12-21-17-9-4-14(11-19-17)10-18-15-5-6-15/h2-4,7-9,11,15,18H,5-6,10,12H2,1H3. The highest BCUT2D eigenvalue weighted by atomic mass is 16.5. The Morgan fingerprint density at radius 1 is 1.10 bits per heavy atom. The molecule has 0 aliphatic heterocycles. The van der Waals surface area contributed by atoms with Gasteiger partial charge in [-0.3, -0.25) is 0 Å². The maximum atomic E-state index is 5.69. The van der Waals surface area contributed by atoms with Crippen molar-refractivity contribution in [3.8, 4) is 11.6 Å². The van der Waals surface area contributed by atoms with Crippen LogP contribution in [0.1, 0.15) is 24.0 Å². The summed E-state index contributed by atoms with van der Waals surface area (Å²) in [5.41, 5.74) is 2.29. The minimum Gasteiger partial charge on any atom is -0.497 e. The predicted molar refractivity (Wildman–Crippen MR) is 81.4 cm³/mol. The monoisotopic (exact) mass is 284 g/mol. The van der Waals surface area contributed by atoms with Gasteiger partial charge in [0.1, 0.15) is 12.4 Å². The molecule has 0 amide bonds. The van der Waals surface area contributed by atoms with E-state index in [1.165, 1.54) is 18.4 Å². The van der Waals surface area contributed by atoms with Gasteiger partial charge in [-0.1, -0.05) is 18.2 Å². The SMILES string of the molecule is COc1ccc(COc2ccc(CNC3CC3)cn2)cc1. The first kappa shape index (κ1) is 13.9. The van der Waals surface area contributed by atoms with Crippen molar-refractivity contribution in [3.63, 3.8) is 0 Å². The summed E-state index contributed by atoms with van der Waals surface area (Å²) in [4.78, 5) is 4.34. The average molecular weight is 284 g/mol. The zero-order chi connectivity index (χ0) is 14.5. The molecule has 0 bridgehead atoms. The van der Waals surface area contributed by atoms with Crippen LogP contribution in [-0.2, 0) is 13.2 Å². The number of rotatable bonds is 7. The van der Waals surface area contributed by atoms with E-state index in [1.807, 2.05) is 36.5 Å². The van der Waals surface area contributed by atoms with Crippen molar-refractivity contribution in [1.82, 2.24) is 10.3 Å².